The molecule has 5 nitrogen and oxygen atoms in total. The minimum Gasteiger partial charge on any atom is -0.444 e. The second-order valence-corrected chi connectivity index (χ2v) is 8.49. The highest BCUT2D eigenvalue weighted by atomic mass is 16.6. The number of rotatable bonds is 4. The Morgan fingerprint density at radius 1 is 1.35 bits per heavy atom. The Balaban J connectivity index is 1.92. The zero-order valence-electron chi connectivity index (χ0n) is 15.2. The molecule has 1 aliphatic carbocycles. The first kappa shape index (κ1) is 18.5. The number of nitrogens with zero attached hydrogens (tertiary/aromatic N) is 1. The standard InChI is InChI=1S/C18H34N2O3/c1-14-7-5-9-18(11-14,13-21)19-12-15-8-6-10-20(15)16(22)23-17(2,3)4/h14-15,19,21H,5-13H2,1-4H3. The number of aliphatic hydroxyl groups excluding tert-OH is 1. The molecule has 3 atom stereocenters. The highest BCUT2D eigenvalue weighted by molar-refractivity contribution is 5.69. The van der Waals surface area contributed by atoms with Crippen molar-refractivity contribution in [1.82, 2.24) is 10.2 Å². The predicted octanol–water partition coefficient (Wildman–Crippen LogP) is 2.92. The molecule has 5 heteroatoms. The van der Waals surface area contributed by atoms with Gasteiger partial charge in [-0.1, -0.05) is 19.8 Å². The summed E-state index contributed by atoms with van der Waals surface area (Å²) in [7, 11) is 0. The minimum atomic E-state index is -0.456. The number of amides is 1. The summed E-state index contributed by atoms with van der Waals surface area (Å²) in [5.74, 6) is 0.647. The van der Waals surface area contributed by atoms with E-state index < -0.39 is 5.60 Å². The van der Waals surface area contributed by atoms with Crippen molar-refractivity contribution in [2.24, 2.45) is 5.92 Å². The summed E-state index contributed by atoms with van der Waals surface area (Å²) >= 11 is 0. The summed E-state index contributed by atoms with van der Waals surface area (Å²) in [4.78, 5) is 14.2. The van der Waals surface area contributed by atoms with E-state index in [0.717, 1.165) is 45.2 Å². The first-order chi connectivity index (χ1) is 10.7. The molecule has 2 rings (SSSR count). The molecule has 1 saturated heterocycles. The van der Waals surface area contributed by atoms with E-state index in [1.165, 1.54) is 6.42 Å². The molecule has 2 aliphatic rings. The summed E-state index contributed by atoms with van der Waals surface area (Å²) in [5.41, 5.74) is -0.622. The van der Waals surface area contributed by atoms with E-state index in [-0.39, 0.29) is 24.3 Å². The molecular formula is C18H34N2O3. The third-order valence-corrected chi connectivity index (χ3v) is 5.11. The monoisotopic (exact) mass is 326 g/mol. The molecule has 0 radical (unpaired) electrons. The molecule has 1 amide bonds. The normalized spacial score (nSPS) is 32.1. The van der Waals surface area contributed by atoms with Crippen molar-refractivity contribution >= 4 is 6.09 Å². The van der Waals surface area contributed by atoms with Crippen LogP contribution in [0.25, 0.3) is 0 Å². The largest absolute Gasteiger partial charge is 0.444 e. The highest BCUT2D eigenvalue weighted by Gasteiger charge is 2.37. The highest BCUT2D eigenvalue weighted by Crippen LogP contribution is 2.32. The molecule has 2 fully saturated rings. The molecule has 0 spiro atoms. The van der Waals surface area contributed by atoms with Gasteiger partial charge in [0.15, 0.2) is 0 Å². The number of aliphatic hydroxyl groups is 1. The molecular weight excluding hydrogens is 292 g/mol. The van der Waals surface area contributed by atoms with Crippen molar-refractivity contribution < 1.29 is 14.6 Å². The van der Waals surface area contributed by atoms with Crippen LogP contribution in [0.5, 0.6) is 0 Å². The number of hydrogen-bond acceptors (Lipinski definition) is 4. The molecule has 0 aromatic heterocycles. The fraction of sp³-hybridized carbons (Fsp3) is 0.944. The number of carbonyl (C=O) groups excluding carboxylic acids is 1. The molecule has 2 N–H and O–H groups in total. The van der Waals surface area contributed by atoms with Crippen LogP contribution in [-0.2, 0) is 4.74 Å². The van der Waals surface area contributed by atoms with Crippen molar-refractivity contribution in [1.29, 1.82) is 0 Å². The predicted molar refractivity (Wildman–Crippen MR) is 91.4 cm³/mol. The van der Waals surface area contributed by atoms with Crippen molar-refractivity contribution in [3.05, 3.63) is 0 Å². The van der Waals surface area contributed by atoms with Crippen LogP contribution in [0.15, 0.2) is 0 Å². The number of likely N-dealkylation sites (tertiary alicyclic amines) is 1. The number of ether oxygens (including phenoxy) is 1. The first-order valence-electron chi connectivity index (χ1n) is 9.10. The molecule has 1 heterocycles. The molecule has 134 valence electrons. The average Bonchev–Trinajstić information content (AvgIpc) is 2.92. The third-order valence-electron chi connectivity index (χ3n) is 5.11. The Morgan fingerprint density at radius 2 is 2.09 bits per heavy atom. The lowest BCUT2D eigenvalue weighted by Gasteiger charge is -2.41. The van der Waals surface area contributed by atoms with Gasteiger partial charge in [0, 0.05) is 24.7 Å². The van der Waals surface area contributed by atoms with Gasteiger partial charge in [0.1, 0.15) is 5.60 Å². The Morgan fingerprint density at radius 3 is 2.70 bits per heavy atom. The van der Waals surface area contributed by atoms with Gasteiger partial charge in [0.2, 0.25) is 0 Å². The Hall–Kier alpha value is -0.810. The number of carbonyl (C=O) groups is 1. The smallest absolute Gasteiger partial charge is 0.410 e. The van der Waals surface area contributed by atoms with E-state index in [9.17, 15) is 9.90 Å². The Bertz CT molecular complexity index is 408. The van der Waals surface area contributed by atoms with Gasteiger partial charge in [-0.2, -0.15) is 0 Å². The van der Waals surface area contributed by atoms with Gasteiger partial charge in [0.25, 0.3) is 0 Å². The molecule has 0 bridgehead atoms. The number of hydrogen-bond donors (Lipinski definition) is 2. The zero-order chi connectivity index (χ0) is 17.1. The van der Waals surface area contributed by atoms with Crippen LogP contribution in [0.3, 0.4) is 0 Å². The van der Waals surface area contributed by atoms with Gasteiger partial charge in [-0.05, 0) is 52.4 Å². The molecule has 3 unspecified atom stereocenters. The van der Waals surface area contributed by atoms with Crippen LogP contribution in [0.1, 0.15) is 66.2 Å². The van der Waals surface area contributed by atoms with Gasteiger partial charge in [0.05, 0.1) is 6.61 Å². The van der Waals surface area contributed by atoms with Crippen LogP contribution >= 0.6 is 0 Å². The van der Waals surface area contributed by atoms with Crippen LogP contribution < -0.4 is 5.32 Å². The molecule has 0 aromatic carbocycles. The quantitative estimate of drug-likeness (QED) is 0.834. The molecule has 0 aromatic rings. The lowest BCUT2D eigenvalue weighted by Crippen LogP contribution is -2.55. The second-order valence-electron chi connectivity index (χ2n) is 8.49. The van der Waals surface area contributed by atoms with Crippen molar-refractivity contribution in [2.75, 3.05) is 19.7 Å². The lowest BCUT2D eigenvalue weighted by molar-refractivity contribution is 0.0206. The van der Waals surface area contributed by atoms with Crippen LogP contribution in [0.2, 0.25) is 0 Å². The topological polar surface area (TPSA) is 61.8 Å². The van der Waals surface area contributed by atoms with Gasteiger partial charge >= 0.3 is 6.09 Å². The molecule has 1 saturated carbocycles. The van der Waals surface area contributed by atoms with Crippen molar-refractivity contribution in [3.63, 3.8) is 0 Å². The second kappa shape index (κ2) is 7.39. The van der Waals surface area contributed by atoms with Crippen LogP contribution in [-0.4, -0.2) is 53.0 Å². The average molecular weight is 326 g/mol. The number of nitrogens with one attached hydrogen (secondary N) is 1. The first-order valence-corrected chi connectivity index (χ1v) is 9.10. The zero-order valence-corrected chi connectivity index (χ0v) is 15.2. The summed E-state index contributed by atoms with van der Waals surface area (Å²) in [5, 5.41) is 13.5. The fourth-order valence-corrected chi connectivity index (χ4v) is 3.96. The van der Waals surface area contributed by atoms with E-state index in [0.29, 0.717) is 5.92 Å². The molecule has 1 aliphatic heterocycles. The maximum absolute atomic E-state index is 12.4. The fourth-order valence-electron chi connectivity index (χ4n) is 3.96. The lowest BCUT2D eigenvalue weighted by atomic mass is 9.76. The minimum absolute atomic E-state index is 0.167. The van der Waals surface area contributed by atoms with E-state index in [1.54, 1.807) is 0 Å². The SMILES string of the molecule is CC1CCCC(CO)(NCC2CCCN2C(=O)OC(C)(C)C)C1. The summed E-state index contributed by atoms with van der Waals surface area (Å²) in [6.07, 6.45) is 6.26. The van der Waals surface area contributed by atoms with E-state index >= 15 is 0 Å². The van der Waals surface area contributed by atoms with Crippen molar-refractivity contribution in [2.45, 2.75) is 83.4 Å². The molecule has 23 heavy (non-hydrogen) atoms. The summed E-state index contributed by atoms with van der Waals surface area (Å²) < 4.78 is 5.52. The van der Waals surface area contributed by atoms with Gasteiger partial charge in [-0.3, -0.25) is 0 Å². The van der Waals surface area contributed by atoms with Crippen molar-refractivity contribution in [3.8, 4) is 0 Å². The third kappa shape index (κ3) is 5.08. The van der Waals surface area contributed by atoms with Gasteiger partial charge in [-0.15, -0.1) is 0 Å². The van der Waals surface area contributed by atoms with E-state index in [1.807, 2.05) is 25.7 Å². The van der Waals surface area contributed by atoms with E-state index in [4.69, 9.17) is 4.74 Å². The maximum atomic E-state index is 12.4. The van der Waals surface area contributed by atoms with Crippen LogP contribution in [0.4, 0.5) is 4.79 Å². The van der Waals surface area contributed by atoms with Gasteiger partial charge in [-0.25, -0.2) is 4.79 Å². The van der Waals surface area contributed by atoms with Crippen LogP contribution in [0, 0.1) is 5.92 Å². The Labute approximate surface area is 140 Å². The summed E-state index contributed by atoms with van der Waals surface area (Å²) in [6, 6.07) is 0.172. The van der Waals surface area contributed by atoms with E-state index in [2.05, 4.69) is 12.2 Å². The van der Waals surface area contributed by atoms with Gasteiger partial charge < -0.3 is 20.1 Å². The Kier molecular flexibility index (Phi) is 5.95. The summed E-state index contributed by atoms with van der Waals surface area (Å²) in [6.45, 7) is 9.65. The maximum Gasteiger partial charge on any atom is 0.410 e.